The molecule has 122 valence electrons. The summed E-state index contributed by atoms with van der Waals surface area (Å²) in [5.74, 6) is 0. The molecular weight excluding hydrogens is 338 g/mol. The smallest absolute Gasteiger partial charge is 0.0548 e. The summed E-state index contributed by atoms with van der Waals surface area (Å²) in [6.45, 7) is 3.12. The number of hydrogen-bond donors (Lipinski definition) is 0. The summed E-state index contributed by atoms with van der Waals surface area (Å²) in [6, 6.07) is 12.3. The molecule has 1 aliphatic heterocycles. The number of nitrogens with zero attached hydrogens (tertiary/aromatic N) is 3. The SMILES string of the molecule is Clc1cc2cnccc2cc1S[C@H]1CCN(Cc2ccccn2)C1. The normalized spacial score (nSPS) is 18.3. The number of pyridine rings is 2. The van der Waals surface area contributed by atoms with Gasteiger partial charge in [0.25, 0.3) is 0 Å². The fourth-order valence-corrected chi connectivity index (χ4v) is 4.65. The summed E-state index contributed by atoms with van der Waals surface area (Å²) in [7, 11) is 0. The van der Waals surface area contributed by atoms with Gasteiger partial charge in [-0.1, -0.05) is 17.7 Å². The third-order valence-electron chi connectivity index (χ3n) is 4.33. The minimum atomic E-state index is 0.575. The van der Waals surface area contributed by atoms with E-state index >= 15 is 0 Å². The van der Waals surface area contributed by atoms with Gasteiger partial charge in [-0.25, -0.2) is 0 Å². The first-order valence-corrected chi connectivity index (χ1v) is 9.36. The number of benzene rings is 1. The first kappa shape index (κ1) is 15.9. The third-order valence-corrected chi connectivity index (χ3v) is 6.06. The Morgan fingerprint density at radius 3 is 3.00 bits per heavy atom. The Labute approximate surface area is 151 Å². The van der Waals surface area contributed by atoms with Gasteiger partial charge in [0, 0.05) is 47.2 Å². The molecule has 0 aliphatic carbocycles. The van der Waals surface area contributed by atoms with Crippen LogP contribution in [0.15, 0.2) is 59.9 Å². The van der Waals surface area contributed by atoms with Gasteiger partial charge < -0.3 is 0 Å². The van der Waals surface area contributed by atoms with Crippen molar-refractivity contribution in [2.45, 2.75) is 23.1 Å². The molecule has 1 fully saturated rings. The molecule has 0 saturated carbocycles. The van der Waals surface area contributed by atoms with Crippen LogP contribution in [0.5, 0.6) is 0 Å². The van der Waals surface area contributed by atoms with Crippen molar-refractivity contribution in [3.05, 3.63) is 65.7 Å². The molecule has 3 aromatic rings. The van der Waals surface area contributed by atoms with Gasteiger partial charge in [-0.2, -0.15) is 0 Å². The van der Waals surface area contributed by atoms with Crippen molar-refractivity contribution < 1.29 is 0 Å². The Hall–Kier alpha value is -1.62. The molecule has 1 atom stereocenters. The molecule has 3 heterocycles. The molecule has 3 nitrogen and oxygen atoms in total. The zero-order valence-electron chi connectivity index (χ0n) is 13.2. The molecule has 0 spiro atoms. The van der Waals surface area contributed by atoms with E-state index in [0.29, 0.717) is 5.25 Å². The fraction of sp³-hybridized carbons (Fsp3) is 0.263. The minimum Gasteiger partial charge on any atom is -0.296 e. The molecule has 1 aromatic carbocycles. The summed E-state index contributed by atoms with van der Waals surface area (Å²) in [5.41, 5.74) is 1.14. The van der Waals surface area contributed by atoms with Crippen LogP contribution in [0.1, 0.15) is 12.1 Å². The van der Waals surface area contributed by atoms with Crippen molar-refractivity contribution >= 4 is 34.1 Å². The van der Waals surface area contributed by atoms with Crippen LogP contribution in [-0.4, -0.2) is 33.2 Å². The van der Waals surface area contributed by atoms with E-state index in [4.69, 9.17) is 11.6 Å². The lowest BCUT2D eigenvalue weighted by atomic mass is 10.2. The molecule has 0 radical (unpaired) electrons. The molecule has 24 heavy (non-hydrogen) atoms. The van der Waals surface area contributed by atoms with Crippen LogP contribution in [0.2, 0.25) is 5.02 Å². The van der Waals surface area contributed by atoms with Crippen molar-refractivity contribution in [3.8, 4) is 0 Å². The first-order valence-electron chi connectivity index (χ1n) is 8.10. The molecule has 0 amide bonds. The number of rotatable bonds is 4. The zero-order chi connectivity index (χ0) is 16.4. The van der Waals surface area contributed by atoms with Crippen LogP contribution in [0.4, 0.5) is 0 Å². The van der Waals surface area contributed by atoms with Crippen LogP contribution in [0.3, 0.4) is 0 Å². The average Bonchev–Trinajstić information content (AvgIpc) is 3.03. The molecule has 1 saturated heterocycles. The summed E-state index contributed by atoms with van der Waals surface area (Å²) in [5, 5.41) is 3.68. The van der Waals surface area contributed by atoms with E-state index in [1.54, 1.807) is 0 Å². The standard InChI is InChI=1S/C19H18ClN3S/c20-18-9-15-11-21-7-4-14(15)10-19(18)24-17-5-8-23(13-17)12-16-3-1-2-6-22-16/h1-4,6-7,9-11,17H,5,8,12-13H2/t17-/m0/s1. The molecule has 0 N–H and O–H groups in total. The molecule has 4 rings (SSSR count). The summed E-state index contributed by atoms with van der Waals surface area (Å²) < 4.78 is 0. The van der Waals surface area contributed by atoms with Crippen LogP contribution in [-0.2, 0) is 6.54 Å². The predicted octanol–water partition coefficient (Wildman–Crippen LogP) is 4.65. The van der Waals surface area contributed by atoms with E-state index in [1.807, 2.05) is 54.6 Å². The Morgan fingerprint density at radius 1 is 1.17 bits per heavy atom. The van der Waals surface area contributed by atoms with Gasteiger partial charge >= 0.3 is 0 Å². The van der Waals surface area contributed by atoms with Gasteiger partial charge in [0.2, 0.25) is 0 Å². The van der Waals surface area contributed by atoms with Gasteiger partial charge in [-0.3, -0.25) is 14.9 Å². The third kappa shape index (κ3) is 3.56. The maximum Gasteiger partial charge on any atom is 0.0548 e. The van der Waals surface area contributed by atoms with Gasteiger partial charge in [-0.15, -0.1) is 11.8 Å². The second-order valence-electron chi connectivity index (χ2n) is 6.09. The Bertz CT molecular complexity index is 840. The molecule has 0 bridgehead atoms. The first-order chi connectivity index (χ1) is 11.8. The van der Waals surface area contributed by atoms with Crippen molar-refractivity contribution in [2.24, 2.45) is 0 Å². The highest BCUT2D eigenvalue weighted by Crippen LogP contribution is 2.36. The van der Waals surface area contributed by atoms with Crippen LogP contribution < -0.4 is 0 Å². The number of fused-ring (bicyclic) bond motifs is 1. The summed E-state index contributed by atoms with van der Waals surface area (Å²) in [4.78, 5) is 12.2. The predicted molar refractivity (Wildman–Crippen MR) is 101 cm³/mol. The highest BCUT2D eigenvalue weighted by molar-refractivity contribution is 8.00. The van der Waals surface area contributed by atoms with E-state index in [-0.39, 0.29) is 0 Å². The van der Waals surface area contributed by atoms with E-state index in [0.717, 1.165) is 35.7 Å². The highest BCUT2D eigenvalue weighted by Gasteiger charge is 2.24. The quantitative estimate of drug-likeness (QED) is 0.681. The van der Waals surface area contributed by atoms with Gasteiger partial charge in [0.05, 0.1) is 10.7 Å². The van der Waals surface area contributed by atoms with Gasteiger partial charge in [-0.05, 0) is 48.7 Å². The Morgan fingerprint density at radius 2 is 2.12 bits per heavy atom. The summed E-state index contributed by atoms with van der Waals surface area (Å²) in [6.07, 6.45) is 6.73. The van der Waals surface area contributed by atoms with Crippen LogP contribution in [0, 0.1) is 0 Å². The van der Waals surface area contributed by atoms with Gasteiger partial charge in [0.1, 0.15) is 0 Å². The second kappa shape index (κ2) is 7.09. The number of aromatic nitrogens is 2. The topological polar surface area (TPSA) is 29.0 Å². The van der Waals surface area contributed by atoms with Gasteiger partial charge in [0.15, 0.2) is 0 Å². The molecule has 5 heteroatoms. The van der Waals surface area contributed by atoms with E-state index in [2.05, 4.69) is 27.0 Å². The minimum absolute atomic E-state index is 0.575. The molecular formula is C19H18ClN3S. The Kier molecular flexibility index (Phi) is 4.69. The molecule has 1 aliphatic rings. The molecule has 0 unspecified atom stereocenters. The van der Waals surface area contributed by atoms with Crippen LogP contribution in [0.25, 0.3) is 10.8 Å². The second-order valence-corrected chi connectivity index (χ2v) is 7.84. The van der Waals surface area contributed by atoms with Crippen molar-refractivity contribution in [2.75, 3.05) is 13.1 Å². The highest BCUT2D eigenvalue weighted by atomic mass is 35.5. The van der Waals surface area contributed by atoms with Crippen molar-refractivity contribution in [3.63, 3.8) is 0 Å². The zero-order valence-corrected chi connectivity index (χ0v) is 14.8. The lowest BCUT2D eigenvalue weighted by molar-refractivity contribution is 0.328. The monoisotopic (exact) mass is 355 g/mol. The maximum atomic E-state index is 6.48. The Balaban J connectivity index is 1.44. The molecule has 2 aromatic heterocycles. The maximum absolute atomic E-state index is 6.48. The van der Waals surface area contributed by atoms with Crippen molar-refractivity contribution in [1.82, 2.24) is 14.9 Å². The lowest BCUT2D eigenvalue weighted by Crippen LogP contribution is -2.21. The lowest BCUT2D eigenvalue weighted by Gasteiger charge is -2.16. The number of likely N-dealkylation sites (tertiary alicyclic amines) is 1. The van der Waals surface area contributed by atoms with E-state index < -0.39 is 0 Å². The largest absolute Gasteiger partial charge is 0.296 e. The van der Waals surface area contributed by atoms with E-state index in [1.165, 1.54) is 16.7 Å². The number of thioether (sulfide) groups is 1. The number of hydrogen-bond acceptors (Lipinski definition) is 4. The number of halogens is 1. The fourth-order valence-electron chi connectivity index (χ4n) is 3.11. The van der Waals surface area contributed by atoms with Crippen molar-refractivity contribution in [1.29, 1.82) is 0 Å². The van der Waals surface area contributed by atoms with Crippen LogP contribution >= 0.6 is 23.4 Å². The summed E-state index contributed by atoms with van der Waals surface area (Å²) >= 11 is 8.37. The van der Waals surface area contributed by atoms with E-state index in [9.17, 15) is 0 Å². The average molecular weight is 356 g/mol.